The van der Waals surface area contributed by atoms with Crippen molar-refractivity contribution in [3.8, 4) is 5.69 Å². The van der Waals surface area contributed by atoms with E-state index in [1.54, 1.807) is 0 Å². The zero-order chi connectivity index (χ0) is 18.9. The first-order chi connectivity index (χ1) is 12.3. The van der Waals surface area contributed by atoms with Crippen LogP contribution >= 0.6 is 0 Å². The number of hydrogen-bond donors (Lipinski definition) is 2. The Hall–Kier alpha value is -2.14. The van der Waals surface area contributed by atoms with Crippen molar-refractivity contribution in [2.75, 3.05) is 6.54 Å². The second-order valence-electron chi connectivity index (χ2n) is 8.43. The number of amides is 1. The lowest BCUT2D eigenvalue weighted by molar-refractivity contribution is 0.0926. The summed E-state index contributed by atoms with van der Waals surface area (Å²) in [7, 11) is 0. The van der Waals surface area contributed by atoms with Gasteiger partial charge >= 0.3 is 0 Å². The highest BCUT2D eigenvalue weighted by molar-refractivity contribution is 5.95. The maximum Gasteiger partial charge on any atom is 0.255 e. The molecule has 0 spiro atoms. The fraction of sp³-hybridized carbons (Fsp3) is 0.524. The third kappa shape index (κ3) is 3.83. The molecule has 1 aliphatic carbocycles. The summed E-state index contributed by atoms with van der Waals surface area (Å²) in [5.41, 5.74) is 9.27. The molecule has 1 amide bonds. The third-order valence-electron chi connectivity index (χ3n) is 5.25. The summed E-state index contributed by atoms with van der Waals surface area (Å²) in [6.45, 7) is 8.94. The third-order valence-corrected chi connectivity index (χ3v) is 5.25. The molecule has 26 heavy (non-hydrogen) atoms. The number of aromatic nitrogens is 2. The molecule has 140 valence electrons. The van der Waals surface area contributed by atoms with Gasteiger partial charge in [0.1, 0.15) is 0 Å². The molecule has 1 heterocycles. The number of rotatable bonds is 4. The average Bonchev–Trinajstić information content (AvgIpc) is 3.21. The van der Waals surface area contributed by atoms with Crippen LogP contribution in [0.5, 0.6) is 0 Å². The Kier molecular flexibility index (Phi) is 5.19. The summed E-state index contributed by atoms with van der Waals surface area (Å²) in [5, 5.41) is 7.96. The number of aryl methyl sites for hydroxylation is 1. The molecule has 1 aliphatic rings. The standard InChI is InChI=1S/C21H30N4O/c1-14-8-10-16(11-9-14)25-13-17(19(24-25)21(2,3)4)20(26)23-18-7-5-6-15(18)12-22/h8-11,13,15,18H,5-7,12,22H2,1-4H3,(H,23,26). The van der Waals surface area contributed by atoms with Gasteiger partial charge in [-0.2, -0.15) is 5.10 Å². The number of carbonyl (C=O) groups excluding carboxylic acids is 1. The SMILES string of the molecule is Cc1ccc(-n2cc(C(=O)NC3CCCC3CN)c(C(C)(C)C)n2)cc1. The van der Waals surface area contributed by atoms with Crippen LogP contribution in [-0.4, -0.2) is 28.3 Å². The minimum Gasteiger partial charge on any atom is -0.349 e. The first kappa shape index (κ1) is 18.6. The van der Waals surface area contributed by atoms with Gasteiger partial charge in [0.15, 0.2) is 0 Å². The lowest BCUT2D eigenvalue weighted by atomic mass is 9.89. The fourth-order valence-corrected chi connectivity index (χ4v) is 3.68. The average molecular weight is 354 g/mol. The van der Waals surface area contributed by atoms with E-state index in [0.29, 0.717) is 18.0 Å². The van der Waals surface area contributed by atoms with E-state index in [9.17, 15) is 4.79 Å². The molecule has 0 saturated heterocycles. The van der Waals surface area contributed by atoms with E-state index in [1.807, 2.05) is 23.0 Å². The van der Waals surface area contributed by atoms with E-state index < -0.39 is 0 Å². The molecule has 1 aromatic carbocycles. The van der Waals surface area contributed by atoms with E-state index in [-0.39, 0.29) is 17.4 Å². The summed E-state index contributed by atoms with van der Waals surface area (Å²) < 4.78 is 1.81. The Bertz CT molecular complexity index is 770. The van der Waals surface area contributed by atoms with Crippen molar-refractivity contribution in [2.45, 2.75) is 58.4 Å². The van der Waals surface area contributed by atoms with Crippen molar-refractivity contribution in [3.05, 3.63) is 47.3 Å². The number of benzene rings is 1. The molecule has 0 bridgehead atoms. The summed E-state index contributed by atoms with van der Waals surface area (Å²) in [6, 6.07) is 8.33. The summed E-state index contributed by atoms with van der Waals surface area (Å²) >= 11 is 0. The van der Waals surface area contributed by atoms with Gasteiger partial charge in [0.05, 0.1) is 16.9 Å². The molecule has 2 atom stereocenters. The number of nitrogens with zero attached hydrogens (tertiary/aromatic N) is 2. The Balaban J connectivity index is 1.92. The van der Waals surface area contributed by atoms with Crippen molar-refractivity contribution in [1.29, 1.82) is 0 Å². The minimum atomic E-state index is -0.217. The fourth-order valence-electron chi connectivity index (χ4n) is 3.68. The zero-order valence-electron chi connectivity index (χ0n) is 16.2. The monoisotopic (exact) mass is 354 g/mol. The predicted octanol–water partition coefficient (Wildman–Crippen LogP) is 3.34. The van der Waals surface area contributed by atoms with Gasteiger partial charge in [0.2, 0.25) is 0 Å². The van der Waals surface area contributed by atoms with Gasteiger partial charge in [-0.25, -0.2) is 4.68 Å². The highest BCUT2D eigenvalue weighted by Crippen LogP contribution is 2.28. The van der Waals surface area contributed by atoms with Gasteiger partial charge in [-0.3, -0.25) is 4.79 Å². The van der Waals surface area contributed by atoms with Gasteiger partial charge in [-0.1, -0.05) is 44.9 Å². The molecule has 3 rings (SSSR count). The van der Waals surface area contributed by atoms with Crippen LogP contribution in [0.4, 0.5) is 0 Å². The molecule has 0 aliphatic heterocycles. The Morgan fingerprint density at radius 3 is 2.58 bits per heavy atom. The summed E-state index contributed by atoms with van der Waals surface area (Å²) in [5.74, 6) is 0.336. The first-order valence-electron chi connectivity index (χ1n) is 9.47. The lowest BCUT2D eigenvalue weighted by Crippen LogP contribution is -2.40. The number of nitrogens with one attached hydrogen (secondary N) is 1. The lowest BCUT2D eigenvalue weighted by Gasteiger charge is -2.21. The van der Waals surface area contributed by atoms with Gasteiger partial charge in [-0.05, 0) is 44.4 Å². The molecule has 2 aromatic rings. The van der Waals surface area contributed by atoms with Gasteiger partial charge in [-0.15, -0.1) is 0 Å². The van der Waals surface area contributed by atoms with Gasteiger partial charge < -0.3 is 11.1 Å². The second kappa shape index (κ2) is 7.23. The van der Waals surface area contributed by atoms with E-state index in [0.717, 1.165) is 30.6 Å². The molecule has 3 N–H and O–H groups in total. The van der Waals surface area contributed by atoms with Crippen molar-refractivity contribution in [3.63, 3.8) is 0 Å². The summed E-state index contributed by atoms with van der Waals surface area (Å²) in [6.07, 6.45) is 5.08. The minimum absolute atomic E-state index is 0.0429. The quantitative estimate of drug-likeness (QED) is 0.884. The maximum absolute atomic E-state index is 13.0. The number of carbonyl (C=O) groups is 1. The van der Waals surface area contributed by atoms with Crippen LogP contribution in [-0.2, 0) is 5.41 Å². The summed E-state index contributed by atoms with van der Waals surface area (Å²) in [4.78, 5) is 13.0. The maximum atomic E-state index is 13.0. The van der Waals surface area contributed by atoms with Gasteiger partial charge in [0.25, 0.3) is 5.91 Å². The number of hydrogen-bond acceptors (Lipinski definition) is 3. The molecular formula is C21H30N4O. The van der Waals surface area contributed by atoms with Crippen LogP contribution in [0, 0.1) is 12.8 Å². The normalized spacial score (nSPS) is 20.3. The van der Waals surface area contributed by atoms with Crippen LogP contribution in [0.2, 0.25) is 0 Å². The predicted molar refractivity (Wildman–Crippen MR) is 105 cm³/mol. The van der Waals surface area contributed by atoms with Crippen LogP contribution in [0.3, 0.4) is 0 Å². The van der Waals surface area contributed by atoms with Crippen LogP contribution in [0.15, 0.2) is 30.5 Å². The van der Waals surface area contributed by atoms with Crippen molar-refractivity contribution in [1.82, 2.24) is 15.1 Å². The highest BCUT2D eigenvalue weighted by Gasteiger charge is 2.31. The van der Waals surface area contributed by atoms with Crippen LogP contribution in [0.1, 0.15) is 61.6 Å². The molecule has 5 heteroatoms. The van der Waals surface area contributed by atoms with E-state index >= 15 is 0 Å². The Labute approximate surface area is 156 Å². The van der Waals surface area contributed by atoms with E-state index in [2.05, 4.69) is 45.1 Å². The smallest absolute Gasteiger partial charge is 0.255 e. The topological polar surface area (TPSA) is 72.9 Å². The molecule has 2 unspecified atom stereocenters. The Morgan fingerprint density at radius 2 is 1.96 bits per heavy atom. The molecule has 5 nitrogen and oxygen atoms in total. The van der Waals surface area contributed by atoms with Crippen molar-refractivity contribution >= 4 is 5.91 Å². The zero-order valence-corrected chi connectivity index (χ0v) is 16.2. The molecule has 1 fully saturated rings. The molecule has 1 aromatic heterocycles. The van der Waals surface area contributed by atoms with Crippen molar-refractivity contribution < 1.29 is 4.79 Å². The number of nitrogens with two attached hydrogens (primary N) is 1. The van der Waals surface area contributed by atoms with Gasteiger partial charge in [0, 0.05) is 17.7 Å². The largest absolute Gasteiger partial charge is 0.349 e. The highest BCUT2D eigenvalue weighted by atomic mass is 16.1. The molecule has 1 saturated carbocycles. The Morgan fingerprint density at radius 1 is 1.27 bits per heavy atom. The van der Waals surface area contributed by atoms with E-state index in [1.165, 1.54) is 5.56 Å². The van der Waals surface area contributed by atoms with Crippen molar-refractivity contribution in [2.24, 2.45) is 11.7 Å². The second-order valence-corrected chi connectivity index (χ2v) is 8.43. The van der Waals surface area contributed by atoms with E-state index in [4.69, 9.17) is 10.8 Å². The molecule has 0 radical (unpaired) electrons. The first-order valence-corrected chi connectivity index (χ1v) is 9.47. The van der Waals surface area contributed by atoms with Crippen LogP contribution < -0.4 is 11.1 Å². The molecular weight excluding hydrogens is 324 g/mol. The van der Waals surface area contributed by atoms with Crippen LogP contribution in [0.25, 0.3) is 5.69 Å².